The smallest absolute Gasteiger partial charge is 0.231 e. The van der Waals surface area contributed by atoms with Gasteiger partial charge in [-0.15, -0.1) is 10.2 Å². The fraction of sp³-hybridized carbons (Fsp3) is 0.412. The van der Waals surface area contributed by atoms with Gasteiger partial charge < -0.3 is 15.0 Å². The molecule has 1 aromatic carbocycles. The van der Waals surface area contributed by atoms with Gasteiger partial charge in [-0.1, -0.05) is 36.1 Å². The Kier molecular flexibility index (Phi) is 5.77. The molecule has 1 atom stereocenters. The average Bonchev–Trinajstić information content (AvgIpc) is 3.21. The molecule has 1 aromatic heterocycles. The van der Waals surface area contributed by atoms with Gasteiger partial charge in [0, 0.05) is 13.0 Å². The Morgan fingerprint density at radius 1 is 1.46 bits per heavy atom. The Morgan fingerprint density at radius 2 is 2.27 bits per heavy atom. The second-order valence-corrected chi connectivity index (χ2v) is 8.36. The summed E-state index contributed by atoms with van der Waals surface area (Å²) in [7, 11) is 1.57. The summed E-state index contributed by atoms with van der Waals surface area (Å²) in [5.41, 5.74) is 1.72. The minimum Gasteiger partial charge on any atom is -0.495 e. The number of methoxy groups -OCH3 is 1. The molecule has 1 aliphatic heterocycles. The van der Waals surface area contributed by atoms with Crippen molar-refractivity contribution in [2.24, 2.45) is 5.92 Å². The third-order valence-electron chi connectivity index (χ3n) is 4.03. The lowest BCUT2D eigenvalue weighted by Crippen LogP contribution is -2.28. The van der Waals surface area contributed by atoms with Crippen molar-refractivity contribution in [3.63, 3.8) is 0 Å². The van der Waals surface area contributed by atoms with E-state index >= 15 is 0 Å². The van der Waals surface area contributed by atoms with Gasteiger partial charge in [-0.05, 0) is 30.4 Å². The van der Waals surface area contributed by atoms with Gasteiger partial charge in [0.15, 0.2) is 4.34 Å². The molecule has 0 aliphatic carbocycles. The van der Waals surface area contributed by atoms with E-state index in [1.807, 2.05) is 32.0 Å². The van der Waals surface area contributed by atoms with Gasteiger partial charge >= 0.3 is 0 Å². The van der Waals surface area contributed by atoms with Gasteiger partial charge in [-0.3, -0.25) is 9.59 Å². The van der Waals surface area contributed by atoms with E-state index in [0.717, 1.165) is 15.7 Å². The second kappa shape index (κ2) is 8.05. The summed E-state index contributed by atoms with van der Waals surface area (Å²) in [4.78, 5) is 26.6. The van der Waals surface area contributed by atoms with E-state index in [1.165, 1.54) is 11.3 Å². The number of rotatable bonds is 6. The molecule has 1 fully saturated rings. The molecular weight excluding hydrogens is 372 g/mol. The Bertz CT molecular complexity index is 824. The largest absolute Gasteiger partial charge is 0.495 e. The van der Waals surface area contributed by atoms with E-state index in [4.69, 9.17) is 4.74 Å². The summed E-state index contributed by atoms with van der Waals surface area (Å²) in [6.45, 7) is 4.30. The predicted octanol–water partition coefficient (Wildman–Crippen LogP) is 2.96. The topological polar surface area (TPSA) is 84.4 Å². The van der Waals surface area contributed by atoms with Crippen molar-refractivity contribution in [2.45, 2.75) is 24.6 Å². The van der Waals surface area contributed by atoms with Crippen LogP contribution in [0.1, 0.15) is 18.9 Å². The minimum absolute atomic E-state index is 0.0893. The summed E-state index contributed by atoms with van der Waals surface area (Å²) < 4.78 is 6.18. The molecule has 138 valence electrons. The SMILES string of the molecule is CCSc1nnc(NC(=O)[C@H]2CC(=O)N(c3cc(C)ccc3OC)C2)s1. The van der Waals surface area contributed by atoms with Gasteiger partial charge in [0.2, 0.25) is 16.9 Å². The highest BCUT2D eigenvalue weighted by Crippen LogP contribution is 2.34. The zero-order valence-electron chi connectivity index (χ0n) is 14.8. The van der Waals surface area contributed by atoms with Crippen LogP contribution in [0.4, 0.5) is 10.8 Å². The van der Waals surface area contributed by atoms with Crippen molar-refractivity contribution < 1.29 is 14.3 Å². The number of hydrogen-bond acceptors (Lipinski definition) is 7. The summed E-state index contributed by atoms with van der Waals surface area (Å²) in [5, 5.41) is 11.2. The number of benzene rings is 1. The van der Waals surface area contributed by atoms with Crippen molar-refractivity contribution in [3.8, 4) is 5.75 Å². The lowest BCUT2D eigenvalue weighted by Gasteiger charge is -2.20. The third kappa shape index (κ3) is 3.99. The van der Waals surface area contributed by atoms with E-state index in [2.05, 4.69) is 15.5 Å². The summed E-state index contributed by atoms with van der Waals surface area (Å²) in [6, 6.07) is 5.66. The number of carbonyl (C=O) groups is 2. The van der Waals surface area contributed by atoms with Crippen LogP contribution < -0.4 is 15.0 Å². The standard InChI is InChI=1S/C17H20N4O3S2/c1-4-25-17-20-19-16(26-17)18-15(23)11-8-14(22)21(9-11)12-7-10(2)5-6-13(12)24-3/h5-7,11H,4,8-9H2,1-3H3,(H,18,19,23)/t11-/m0/s1. The van der Waals surface area contributed by atoms with Gasteiger partial charge in [0.05, 0.1) is 18.7 Å². The van der Waals surface area contributed by atoms with E-state index in [9.17, 15) is 9.59 Å². The monoisotopic (exact) mass is 392 g/mol. The third-order valence-corrected chi connectivity index (χ3v) is 5.88. The van der Waals surface area contributed by atoms with Crippen LogP contribution in [-0.2, 0) is 9.59 Å². The molecule has 3 rings (SSSR count). The molecule has 26 heavy (non-hydrogen) atoms. The van der Waals surface area contributed by atoms with Crippen LogP contribution in [-0.4, -0.2) is 41.4 Å². The Morgan fingerprint density at radius 3 is 3.00 bits per heavy atom. The maximum atomic E-state index is 12.5. The molecule has 0 saturated carbocycles. The maximum absolute atomic E-state index is 12.5. The number of nitrogens with zero attached hydrogens (tertiary/aromatic N) is 3. The Labute approximate surface area is 160 Å². The quantitative estimate of drug-likeness (QED) is 0.601. The molecular formula is C17H20N4O3S2. The first-order chi connectivity index (χ1) is 12.5. The van der Waals surface area contributed by atoms with Crippen LogP contribution >= 0.6 is 23.1 Å². The normalized spacial score (nSPS) is 16.8. The molecule has 0 radical (unpaired) electrons. The molecule has 0 unspecified atom stereocenters. The maximum Gasteiger partial charge on any atom is 0.231 e. The number of aromatic nitrogens is 2. The molecule has 1 saturated heterocycles. The molecule has 9 heteroatoms. The van der Waals surface area contributed by atoms with Crippen LogP contribution in [0.5, 0.6) is 5.75 Å². The highest BCUT2D eigenvalue weighted by Gasteiger charge is 2.36. The first-order valence-electron chi connectivity index (χ1n) is 8.24. The number of ether oxygens (including phenoxy) is 1. The number of amides is 2. The Balaban J connectivity index is 1.71. The molecule has 2 aromatic rings. The van der Waals surface area contributed by atoms with E-state index in [1.54, 1.807) is 23.8 Å². The fourth-order valence-corrected chi connectivity index (χ4v) is 4.43. The summed E-state index contributed by atoms with van der Waals surface area (Å²) in [5.74, 6) is 0.784. The number of anilines is 2. The second-order valence-electron chi connectivity index (χ2n) is 5.88. The Hall–Kier alpha value is -2.13. The summed E-state index contributed by atoms with van der Waals surface area (Å²) >= 11 is 2.92. The van der Waals surface area contributed by atoms with Crippen molar-refractivity contribution in [2.75, 3.05) is 29.6 Å². The predicted molar refractivity (Wildman–Crippen MR) is 103 cm³/mol. The molecule has 1 aliphatic rings. The van der Waals surface area contributed by atoms with E-state index < -0.39 is 5.92 Å². The van der Waals surface area contributed by atoms with Crippen LogP contribution in [0, 0.1) is 12.8 Å². The van der Waals surface area contributed by atoms with E-state index in [-0.39, 0.29) is 18.2 Å². The van der Waals surface area contributed by atoms with Gasteiger partial charge in [-0.25, -0.2) is 0 Å². The molecule has 7 nitrogen and oxygen atoms in total. The first kappa shape index (κ1) is 18.7. The van der Waals surface area contributed by atoms with Crippen molar-refractivity contribution >= 4 is 45.7 Å². The molecule has 2 amide bonds. The number of hydrogen-bond donors (Lipinski definition) is 1. The highest BCUT2D eigenvalue weighted by molar-refractivity contribution is 8.01. The first-order valence-corrected chi connectivity index (χ1v) is 10.0. The van der Waals surface area contributed by atoms with Gasteiger partial charge in [-0.2, -0.15) is 0 Å². The molecule has 2 heterocycles. The van der Waals surface area contributed by atoms with E-state index in [0.29, 0.717) is 23.1 Å². The van der Waals surface area contributed by atoms with Crippen molar-refractivity contribution in [1.82, 2.24) is 10.2 Å². The van der Waals surface area contributed by atoms with Crippen molar-refractivity contribution in [1.29, 1.82) is 0 Å². The molecule has 0 spiro atoms. The fourth-order valence-electron chi connectivity index (χ4n) is 2.78. The lowest BCUT2D eigenvalue weighted by atomic mass is 10.1. The number of nitrogens with one attached hydrogen (secondary N) is 1. The number of carbonyl (C=O) groups excluding carboxylic acids is 2. The van der Waals surface area contributed by atoms with Crippen LogP contribution in [0.3, 0.4) is 0 Å². The van der Waals surface area contributed by atoms with Crippen LogP contribution in [0.2, 0.25) is 0 Å². The molecule has 1 N–H and O–H groups in total. The van der Waals surface area contributed by atoms with Crippen LogP contribution in [0.15, 0.2) is 22.5 Å². The van der Waals surface area contributed by atoms with Gasteiger partial charge in [0.1, 0.15) is 5.75 Å². The average molecular weight is 393 g/mol. The van der Waals surface area contributed by atoms with Crippen molar-refractivity contribution in [3.05, 3.63) is 23.8 Å². The lowest BCUT2D eigenvalue weighted by molar-refractivity contribution is -0.122. The zero-order valence-corrected chi connectivity index (χ0v) is 16.4. The molecule has 0 bridgehead atoms. The number of thioether (sulfide) groups is 1. The van der Waals surface area contributed by atoms with Crippen LogP contribution in [0.25, 0.3) is 0 Å². The zero-order chi connectivity index (χ0) is 18.7. The summed E-state index contributed by atoms with van der Waals surface area (Å²) in [6.07, 6.45) is 0.165. The van der Waals surface area contributed by atoms with Gasteiger partial charge in [0.25, 0.3) is 0 Å². The number of aryl methyl sites for hydroxylation is 1. The minimum atomic E-state index is -0.432. The highest BCUT2D eigenvalue weighted by atomic mass is 32.2.